The fourth-order valence-electron chi connectivity index (χ4n) is 2.68. The monoisotopic (exact) mass is 267 g/mol. The minimum atomic E-state index is 0.237. The molecule has 0 radical (unpaired) electrons. The van der Waals surface area contributed by atoms with Crippen molar-refractivity contribution in [2.45, 2.75) is 32.6 Å². The van der Waals surface area contributed by atoms with Gasteiger partial charge in [-0.3, -0.25) is 4.79 Å². The van der Waals surface area contributed by atoms with E-state index in [1.165, 1.54) is 21.9 Å². The van der Waals surface area contributed by atoms with Crippen LogP contribution in [-0.4, -0.2) is 12.5 Å². The number of carbonyl (C=O) groups is 1. The fourth-order valence-corrected chi connectivity index (χ4v) is 2.68. The molecule has 104 valence electrons. The minimum Gasteiger partial charge on any atom is -0.356 e. The first-order valence-electron chi connectivity index (χ1n) is 7.56. The first kappa shape index (κ1) is 13.2. The molecule has 1 amide bonds. The first-order valence-corrected chi connectivity index (χ1v) is 7.56. The lowest BCUT2D eigenvalue weighted by Gasteiger charge is -2.10. The Bertz CT molecular complexity index is 628. The molecule has 0 saturated heterocycles. The Morgan fingerprint density at radius 3 is 2.80 bits per heavy atom. The second-order valence-corrected chi connectivity index (χ2v) is 5.64. The maximum Gasteiger partial charge on any atom is 0.223 e. The van der Waals surface area contributed by atoms with Crippen molar-refractivity contribution < 1.29 is 4.79 Å². The second-order valence-electron chi connectivity index (χ2n) is 5.64. The quantitative estimate of drug-likeness (QED) is 0.883. The minimum absolute atomic E-state index is 0.237. The molecular formula is C18H21NO. The molecule has 0 spiro atoms. The molecule has 0 bridgehead atoms. The summed E-state index contributed by atoms with van der Waals surface area (Å²) in [5.41, 5.74) is 2.71. The summed E-state index contributed by atoms with van der Waals surface area (Å²) in [7, 11) is 0. The van der Waals surface area contributed by atoms with E-state index < -0.39 is 0 Å². The van der Waals surface area contributed by atoms with Crippen LogP contribution in [0.15, 0.2) is 36.4 Å². The standard InChI is InChI=1S/C18H21NO/c1-2-13-11-15-5-3-4-6-17(15)16(12-13)9-10-19-18(20)14-7-8-14/h3-6,11-12,14H,2,7-10H2,1H3,(H,19,20). The number of fused-ring (bicyclic) bond motifs is 1. The molecule has 1 aliphatic carbocycles. The van der Waals surface area contributed by atoms with E-state index in [0.29, 0.717) is 5.92 Å². The third-order valence-corrected chi connectivity index (χ3v) is 4.06. The average Bonchev–Trinajstić information content (AvgIpc) is 3.31. The van der Waals surface area contributed by atoms with E-state index in [1.54, 1.807) is 0 Å². The van der Waals surface area contributed by atoms with Crippen LogP contribution in [0.4, 0.5) is 0 Å². The number of hydrogen-bond acceptors (Lipinski definition) is 1. The van der Waals surface area contributed by atoms with Crippen molar-refractivity contribution in [2.24, 2.45) is 5.92 Å². The number of amides is 1. The number of aryl methyl sites for hydroxylation is 1. The molecular weight excluding hydrogens is 246 g/mol. The third kappa shape index (κ3) is 2.84. The molecule has 1 saturated carbocycles. The van der Waals surface area contributed by atoms with Gasteiger partial charge in [-0.25, -0.2) is 0 Å². The molecule has 0 heterocycles. The van der Waals surface area contributed by atoms with Crippen molar-refractivity contribution in [3.8, 4) is 0 Å². The summed E-state index contributed by atoms with van der Waals surface area (Å²) in [5, 5.41) is 5.67. The summed E-state index contributed by atoms with van der Waals surface area (Å²) in [5.74, 6) is 0.537. The SMILES string of the molecule is CCc1cc(CCNC(=O)C2CC2)c2ccccc2c1. The molecule has 1 fully saturated rings. The summed E-state index contributed by atoms with van der Waals surface area (Å²) in [6, 6.07) is 13.1. The van der Waals surface area contributed by atoms with Gasteiger partial charge in [0.15, 0.2) is 0 Å². The van der Waals surface area contributed by atoms with Crippen LogP contribution < -0.4 is 5.32 Å². The molecule has 0 unspecified atom stereocenters. The van der Waals surface area contributed by atoms with E-state index in [9.17, 15) is 4.79 Å². The summed E-state index contributed by atoms with van der Waals surface area (Å²) >= 11 is 0. The molecule has 3 rings (SSSR count). The largest absolute Gasteiger partial charge is 0.356 e. The zero-order valence-corrected chi connectivity index (χ0v) is 12.0. The Kier molecular flexibility index (Phi) is 3.72. The highest BCUT2D eigenvalue weighted by molar-refractivity contribution is 5.86. The van der Waals surface area contributed by atoms with Crippen LogP contribution >= 0.6 is 0 Å². The summed E-state index contributed by atoms with van der Waals surface area (Å²) in [6.45, 7) is 2.93. The number of carbonyl (C=O) groups excluding carboxylic acids is 1. The summed E-state index contributed by atoms with van der Waals surface area (Å²) in [6.07, 6.45) is 4.10. The molecule has 0 aromatic heterocycles. The number of benzene rings is 2. The Balaban J connectivity index is 1.76. The lowest BCUT2D eigenvalue weighted by Crippen LogP contribution is -2.27. The van der Waals surface area contributed by atoms with Crippen LogP contribution in [0.5, 0.6) is 0 Å². The Hall–Kier alpha value is -1.83. The molecule has 2 aromatic rings. The van der Waals surface area contributed by atoms with Gasteiger partial charge in [-0.2, -0.15) is 0 Å². The van der Waals surface area contributed by atoms with Gasteiger partial charge in [-0.15, -0.1) is 0 Å². The van der Waals surface area contributed by atoms with E-state index in [-0.39, 0.29) is 5.91 Å². The van der Waals surface area contributed by atoms with Gasteiger partial charge in [-0.05, 0) is 47.6 Å². The maximum absolute atomic E-state index is 11.7. The van der Waals surface area contributed by atoms with E-state index in [0.717, 1.165) is 32.2 Å². The first-order chi connectivity index (χ1) is 9.78. The van der Waals surface area contributed by atoms with Crippen molar-refractivity contribution >= 4 is 16.7 Å². The van der Waals surface area contributed by atoms with Crippen LogP contribution in [-0.2, 0) is 17.6 Å². The highest BCUT2D eigenvalue weighted by Crippen LogP contribution is 2.28. The summed E-state index contributed by atoms with van der Waals surface area (Å²) < 4.78 is 0. The van der Waals surface area contributed by atoms with Crippen molar-refractivity contribution in [3.63, 3.8) is 0 Å². The number of hydrogen-bond donors (Lipinski definition) is 1. The van der Waals surface area contributed by atoms with Crippen LogP contribution in [0.1, 0.15) is 30.9 Å². The Morgan fingerprint density at radius 2 is 2.05 bits per heavy atom. The highest BCUT2D eigenvalue weighted by atomic mass is 16.2. The Morgan fingerprint density at radius 1 is 1.25 bits per heavy atom. The number of rotatable bonds is 5. The van der Waals surface area contributed by atoms with Gasteiger partial charge in [0, 0.05) is 12.5 Å². The van der Waals surface area contributed by atoms with Gasteiger partial charge in [0.2, 0.25) is 5.91 Å². The van der Waals surface area contributed by atoms with E-state index >= 15 is 0 Å². The zero-order valence-electron chi connectivity index (χ0n) is 12.0. The molecule has 1 N–H and O–H groups in total. The van der Waals surface area contributed by atoms with E-state index in [4.69, 9.17) is 0 Å². The molecule has 20 heavy (non-hydrogen) atoms. The van der Waals surface area contributed by atoms with Crippen LogP contribution in [0, 0.1) is 5.92 Å². The topological polar surface area (TPSA) is 29.1 Å². The van der Waals surface area contributed by atoms with Crippen LogP contribution in [0.3, 0.4) is 0 Å². The predicted molar refractivity (Wildman–Crippen MR) is 82.8 cm³/mol. The van der Waals surface area contributed by atoms with Crippen molar-refractivity contribution in [2.75, 3.05) is 6.54 Å². The smallest absolute Gasteiger partial charge is 0.223 e. The lowest BCUT2D eigenvalue weighted by molar-refractivity contribution is -0.122. The van der Waals surface area contributed by atoms with Crippen molar-refractivity contribution in [3.05, 3.63) is 47.5 Å². The average molecular weight is 267 g/mol. The molecule has 2 heteroatoms. The van der Waals surface area contributed by atoms with Crippen LogP contribution in [0.2, 0.25) is 0 Å². The summed E-state index contributed by atoms with van der Waals surface area (Å²) in [4.78, 5) is 11.7. The maximum atomic E-state index is 11.7. The Labute approximate surface area is 120 Å². The molecule has 1 aliphatic rings. The third-order valence-electron chi connectivity index (χ3n) is 4.06. The normalized spacial score (nSPS) is 14.4. The zero-order chi connectivity index (χ0) is 13.9. The van der Waals surface area contributed by atoms with Gasteiger partial charge in [-0.1, -0.05) is 43.3 Å². The molecule has 0 atom stereocenters. The van der Waals surface area contributed by atoms with E-state index in [2.05, 4.69) is 48.6 Å². The molecule has 0 aliphatic heterocycles. The van der Waals surface area contributed by atoms with Gasteiger partial charge in [0.25, 0.3) is 0 Å². The van der Waals surface area contributed by atoms with Gasteiger partial charge < -0.3 is 5.32 Å². The van der Waals surface area contributed by atoms with Gasteiger partial charge in [0.1, 0.15) is 0 Å². The van der Waals surface area contributed by atoms with Crippen molar-refractivity contribution in [1.29, 1.82) is 0 Å². The van der Waals surface area contributed by atoms with E-state index in [1.807, 2.05) is 0 Å². The second kappa shape index (κ2) is 5.66. The molecule has 2 nitrogen and oxygen atoms in total. The molecule has 2 aromatic carbocycles. The lowest BCUT2D eigenvalue weighted by atomic mass is 9.98. The van der Waals surface area contributed by atoms with Gasteiger partial charge in [0.05, 0.1) is 0 Å². The predicted octanol–water partition coefficient (Wildman–Crippen LogP) is 3.47. The van der Waals surface area contributed by atoms with Crippen LogP contribution in [0.25, 0.3) is 10.8 Å². The number of nitrogens with one attached hydrogen (secondary N) is 1. The highest BCUT2D eigenvalue weighted by Gasteiger charge is 2.28. The van der Waals surface area contributed by atoms with Gasteiger partial charge >= 0.3 is 0 Å². The van der Waals surface area contributed by atoms with Crippen molar-refractivity contribution in [1.82, 2.24) is 5.32 Å². The fraction of sp³-hybridized carbons (Fsp3) is 0.389.